The van der Waals surface area contributed by atoms with Gasteiger partial charge in [0.25, 0.3) is 0 Å². The highest BCUT2D eigenvalue weighted by molar-refractivity contribution is 6.28. The summed E-state index contributed by atoms with van der Waals surface area (Å²) in [5.41, 5.74) is 2.41. The molecule has 31 heavy (non-hydrogen) atoms. The summed E-state index contributed by atoms with van der Waals surface area (Å²) < 4.78 is 10.5. The number of fused-ring (bicyclic) bond motifs is 1. The summed E-state index contributed by atoms with van der Waals surface area (Å²) in [7, 11) is 1.75. The molecule has 0 aliphatic rings. The normalized spacial score (nSPS) is 11.4. The van der Waals surface area contributed by atoms with Gasteiger partial charge < -0.3 is 4.74 Å². The molecule has 0 N–H and O–H groups in total. The van der Waals surface area contributed by atoms with E-state index in [2.05, 4.69) is 25.3 Å². The van der Waals surface area contributed by atoms with Crippen LogP contribution in [-0.2, 0) is 13.6 Å². The molecule has 4 heterocycles. The highest BCUT2D eigenvalue weighted by atomic mass is 35.5. The van der Waals surface area contributed by atoms with Gasteiger partial charge in [-0.05, 0) is 32.4 Å². The van der Waals surface area contributed by atoms with Crippen LogP contribution in [0.1, 0.15) is 23.5 Å². The van der Waals surface area contributed by atoms with Crippen molar-refractivity contribution in [3.63, 3.8) is 0 Å². The molecule has 12 nitrogen and oxygen atoms in total. The third kappa shape index (κ3) is 3.81. The Hall–Kier alpha value is -3.54. The molecule has 0 aliphatic carbocycles. The van der Waals surface area contributed by atoms with Crippen LogP contribution in [0.2, 0.25) is 5.28 Å². The van der Waals surface area contributed by atoms with Gasteiger partial charge in [0, 0.05) is 32.3 Å². The van der Waals surface area contributed by atoms with Crippen LogP contribution in [0.3, 0.4) is 0 Å². The first kappa shape index (κ1) is 20.7. The summed E-state index contributed by atoms with van der Waals surface area (Å²) in [6, 6.07) is 1.80. The predicted octanol–water partition coefficient (Wildman–Crippen LogP) is 2.70. The highest BCUT2D eigenvalue weighted by Crippen LogP contribution is 2.31. The van der Waals surface area contributed by atoms with Crippen LogP contribution >= 0.6 is 11.6 Å². The Balaban J connectivity index is 1.51. The van der Waals surface area contributed by atoms with Crippen molar-refractivity contribution in [3.05, 3.63) is 44.7 Å². The molecule has 0 unspecified atom stereocenters. The summed E-state index contributed by atoms with van der Waals surface area (Å²) >= 11 is 5.90. The quantitative estimate of drug-likeness (QED) is 0.183. The minimum atomic E-state index is -0.485. The van der Waals surface area contributed by atoms with Crippen molar-refractivity contribution in [3.8, 4) is 11.7 Å². The molecule has 0 aromatic carbocycles. The molecular weight excluding hydrogens is 426 g/mol. The number of halogens is 1. The standard InChI is InChI=1S/C18H20ClN9O3/c1-10-8-14(25(4)22-10)27-12(3)15(28(29)30)17(24-27)31-7-5-6-26-16-13(11(2)23-26)9-20-18(19)21-16/h8-9H,5-7H2,1-4H3. The Morgan fingerprint density at radius 1 is 1.23 bits per heavy atom. The minimum Gasteiger partial charge on any atom is -0.472 e. The fourth-order valence-electron chi connectivity index (χ4n) is 3.42. The molecule has 0 radical (unpaired) electrons. The van der Waals surface area contributed by atoms with E-state index in [-0.39, 0.29) is 23.5 Å². The molecule has 0 spiro atoms. The number of hydrogen-bond acceptors (Lipinski definition) is 8. The van der Waals surface area contributed by atoms with E-state index >= 15 is 0 Å². The molecule has 0 saturated carbocycles. The van der Waals surface area contributed by atoms with E-state index in [0.717, 1.165) is 16.8 Å². The number of hydrogen-bond donors (Lipinski definition) is 0. The van der Waals surface area contributed by atoms with Gasteiger partial charge in [-0.25, -0.2) is 14.3 Å². The lowest BCUT2D eigenvalue weighted by atomic mass is 10.3. The highest BCUT2D eigenvalue weighted by Gasteiger charge is 2.28. The average molecular weight is 446 g/mol. The Morgan fingerprint density at radius 3 is 2.68 bits per heavy atom. The monoisotopic (exact) mass is 445 g/mol. The maximum absolute atomic E-state index is 11.6. The van der Waals surface area contributed by atoms with Gasteiger partial charge in [0.2, 0.25) is 5.28 Å². The number of aryl methyl sites for hydroxylation is 4. The van der Waals surface area contributed by atoms with Crippen LogP contribution in [0.15, 0.2) is 12.3 Å². The summed E-state index contributed by atoms with van der Waals surface area (Å²) in [5, 5.41) is 25.6. The largest absolute Gasteiger partial charge is 0.472 e. The third-order valence-corrected chi connectivity index (χ3v) is 5.01. The van der Waals surface area contributed by atoms with E-state index in [0.29, 0.717) is 30.1 Å². The second-order valence-corrected chi connectivity index (χ2v) is 7.40. The third-order valence-electron chi connectivity index (χ3n) is 4.83. The number of aromatic nitrogens is 8. The number of rotatable bonds is 7. The van der Waals surface area contributed by atoms with E-state index in [1.807, 2.05) is 13.8 Å². The second-order valence-electron chi connectivity index (χ2n) is 7.06. The van der Waals surface area contributed by atoms with Crippen molar-refractivity contribution in [1.29, 1.82) is 0 Å². The lowest BCUT2D eigenvalue weighted by Crippen LogP contribution is -2.08. The van der Waals surface area contributed by atoms with Crippen LogP contribution in [-0.4, -0.2) is 50.8 Å². The lowest BCUT2D eigenvalue weighted by Gasteiger charge is -2.04. The molecule has 4 aromatic rings. The van der Waals surface area contributed by atoms with E-state index in [1.165, 1.54) is 4.68 Å². The molecule has 0 saturated heterocycles. The van der Waals surface area contributed by atoms with Crippen LogP contribution in [0.4, 0.5) is 5.69 Å². The fraction of sp³-hybridized carbons (Fsp3) is 0.389. The van der Waals surface area contributed by atoms with Gasteiger partial charge in [0.1, 0.15) is 5.69 Å². The SMILES string of the molecule is Cc1cc(-n2nc(OCCCn3nc(C)c4cnc(Cl)nc43)c([N+](=O)[O-])c2C)n(C)n1. The van der Waals surface area contributed by atoms with E-state index in [4.69, 9.17) is 16.3 Å². The van der Waals surface area contributed by atoms with Crippen molar-refractivity contribution in [2.75, 3.05) is 6.61 Å². The molecule has 13 heteroatoms. The van der Waals surface area contributed by atoms with Crippen molar-refractivity contribution >= 4 is 28.3 Å². The Kier molecular flexibility index (Phi) is 5.31. The van der Waals surface area contributed by atoms with Gasteiger partial charge in [0.05, 0.1) is 28.3 Å². The van der Waals surface area contributed by atoms with Crippen molar-refractivity contribution in [2.45, 2.75) is 33.7 Å². The number of ether oxygens (including phenoxy) is 1. The summed E-state index contributed by atoms with van der Waals surface area (Å²) in [6.45, 7) is 6.04. The average Bonchev–Trinajstić information content (AvgIpc) is 3.31. The molecule has 0 bridgehead atoms. The summed E-state index contributed by atoms with van der Waals surface area (Å²) in [4.78, 5) is 19.3. The molecule has 4 aromatic heterocycles. The van der Waals surface area contributed by atoms with Gasteiger partial charge >= 0.3 is 11.6 Å². The van der Waals surface area contributed by atoms with E-state index < -0.39 is 4.92 Å². The number of nitrogens with zero attached hydrogens (tertiary/aromatic N) is 9. The topological polar surface area (TPSA) is 132 Å². The molecule has 0 aliphatic heterocycles. The van der Waals surface area contributed by atoms with Crippen molar-refractivity contribution < 1.29 is 9.66 Å². The van der Waals surface area contributed by atoms with E-state index in [9.17, 15) is 10.1 Å². The van der Waals surface area contributed by atoms with Crippen LogP contribution in [0, 0.1) is 30.9 Å². The second kappa shape index (κ2) is 7.95. The van der Waals surface area contributed by atoms with E-state index in [1.54, 1.807) is 35.6 Å². The number of nitro groups is 1. The first-order valence-corrected chi connectivity index (χ1v) is 9.87. The molecular formula is C18H20ClN9O3. The van der Waals surface area contributed by atoms with Crippen molar-refractivity contribution in [1.82, 2.24) is 39.3 Å². The van der Waals surface area contributed by atoms with Gasteiger partial charge in [-0.2, -0.15) is 15.2 Å². The molecule has 0 fully saturated rings. The molecule has 162 valence electrons. The zero-order valence-electron chi connectivity index (χ0n) is 17.4. The first-order valence-electron chi connectivity index (χ1n) is 9.49. The minimum absolute atomic E-state index is 0.0340. The maximum Gasteiger partial charge on any atom is 0.353 e. The molecule has 0 atom stereocenters. The van der Waals surface area contributed by atoms with Gasteiger partial charge in [-0.3, -0.25) is 14.8 Å². The fourth-order valence-corrected chi connectivity index (χ4v) is 3.55. The molecule has 4 rings (SSSR count). The Bertz CT molecular complexity index is 1290. The van der Waals surface area contributed by atoms with Crippen LogP contribution in [0.25, 0.3) is 16.9 Å². The molecule has 0 amide bonds. The van der Waals surface area contributed by atoms with Crippen LogP contribution in [0.5, 0.6) is 5.88 Å². The summed E-state index contributed by atoms with van der Waals surface area (Å²) in [6.07, 6.45) is 2.17. The van der Waals surface area contributed by atoms with Gasteiger partial charge in [0.15, 0.2) is 11.5 Å². The predicted molar refractivity (Wildman–Crippen MR) is 112 cm³/mol. The van der Waals surface area contributed by atoms with Gasteiger partial charge in [-0.1, -0.05) is 0 Å². The maximum atomic E-state index is 11.6. The van der Waals surface area contributed by atoms with Crippen molar-refractivity contribution in [2.24, 2.45) is 7.05 Å². The summed E-state index contributed by atoms with van der Waals surface area (Å²) in [5.74, 6) is 0.580. The smallest absolute Gasteiger partial charge is 0.353 e. The van der Waals surface area contributed by atoms with Gasteiger partial charge in [-0.15, -0.1) is 5.10 Å². The Labute approximate surface area is 181 Å². The zero-order chi connectivity index (χ0) is 22.3. The first-order chi connectivity index (χ1) is 14.8. The Morgan fingerprint density at radius 2 is 2.00 bits per heavy atom. The van der Waals surface area contributed by atoms with Crippen LogP contribution < -0.4 is 4.74 Å². The lowest BCUT2D eigenvalue weighted by molar-refractivity contribution is -0.386. The zero-order valence-corrected chi connectivity index (χ0v) is 18.2.